The van der Waals surface area contributed by atoms with Crippen LogP contribution in [0, 0.1) is 15.9 Å². The predicted molar refractivity (Wildman–Crippen MR) is 82.2 cm³/mol. The van der Waals surface area contributed by atoms with Gasteiger partial charge in [0.25, 0.3) is 0 Å². The normalized spacial score (nSPS) is 11.9. The van der Waals surface area contributed by atoms with Crippen LogP contribution in [0.3, 0.4) is 0 Å². The molecule has 1 atom stereocenters. The molecule has 0 aliphatic rings. The van der Waals surface area contributed by atoms with Crippen molar-refractivity contribution >= 4 is 11.4 Å². The average Bonchev–Trinajstić information content (AvgIpc) is 2.52. The molecule has 0 heterocycles. The van der Waals surface area contributed by atoms with Crippen molar-refractivity contribution in [3.8, 4) is 0 Å². The first-order valence-electron chi connectivity index (χ1n) is 6.98. The van der Waals surface area contributed by atoms with Gasteiger partial charge in [0.2, 0.25) is 5.82 Å². The molecule has 0 saturated carbocycles. The van der Waals surface area contributed by atoms with Crippen LogP contribution in [0.1, 0.15) is 24.4 Å². The van der Waals surface area contributed by atoms with Crippen molar-refractivity contribution in [1.82, 2.24) is 0 Å². The zero-order valence-corrected chi connectivity index (χ0v) is 11.9. The summed E-state index contributed by atoms with van der Waals surface area (Å²) in [5.74, 6) is -0.871. The highest BCUT2D eigenvalue weighted by Crippen LogP contribution is 2.32. The Bertz CT molecular complexity index is 635. The van der Waals surface area contributed by atoms with Crippen LogP contribution in [0.2, 0.25) is 0 Å². The van der Waals surface area contributed by atoms with Crippen LogP contribution in [0.4, 0.5) is 15.8 Å². The summed E-state index contributed by atoms with van der Waals surface area (Å²) in [5, 5.41) is 23.1. The van der Waals surface area contributed by atoms with Crippen LogP contribution >= 0.6 is 0 Å². The minimum absolute atomic E-state index is 0.0241. The fourth-order valence-corrected chi connectivity index (χ4v) is 2.31. The molecule has 22 heavy (non-hydrogen) atoms. The molecule has 0 fully saturated rings. The molecular formula is C16H17FN2O3. The lowest BCUT2D eigenvalue weighted by atomic mass is 10.0. The Balaban J connectivity index is 2.32. The molecule has 2 aromatic rings. The molecule has 0 aliphatic carbocycles. The molecule has 5 nitrogen and oxygen atoms in total. The maximum Gasteiger partial charge on any atom is 0.327 e. The monoisotopic (exact) mass is 304 g/mol. The van der Waals surface area contributed by atoms with Crippen LogP contribution in [-0.4, -0.2) is 16.6 Å². The highest BCUT2D eigenvalue weighted by Gasteiger charge is 2.22. The third-order valence-corrected chi connectivity index (χ3v) is 3.35. The van der Waals surface area contributed by atoms with Crippen molar-refractivity contribution in [1.29, 1.82) is 0 Å². The Labute approximate surface area is 127 Å². The van der Waals surface area contributed by atoms with Gasteiger partial charge in [0.05, 0.1) is 11.0 Å². The Hall–Kier alpha value is -2.47. The maximum absolute atomic E-state index is 13.7. The van der Waals surface area contributed by atoms with Crippen LogP contribution in [0.25, 0.3) is 0 Å². The minimum atomic E-state index is -0.871. The molecule has 1 unspecified atom stereocenters. The smallest absolute Gasteiger partial charge is 0.327 e. The third-order valence-electron chi connectivity index (χ3n) is 3.35. The van der Waals surface area contributed by atoms with E-state index < -0.39 is 16.4 Å². The summed E-state index contributed by atoms with van der Waals surface area (Å²) in [6.45, 7) is 0.0241. The van der Waals surface area contributed by atoms with E-state index in [-0.39, 0.29) is 18.3 Å². The van der Waals surface area contributed by atoms with E-state index in [9.17, 15) is 14.5 Å². The third kappa shape index (κ3) is 3.79. The number of para-hydroxylation sites is 1. The molecule has 0 spiro atoms. The van der Waals surface area contributed by atoms with Crippen molar-refractivity contribution in [2.45, 2.75) is 18.9 Å². The molecule has 0 aliphatic heterocycles. The quantitative estimate of drug-likeness (QED) is 0.604. The van der Waals surface area contributed by atoms with Crippen LogP contribution < -0.4 is 5.32 Å². The number of rotatable bonds is 7. The molecule has 0 radical (unpaired) electrons. The summed E-state index contributed by atoms with van der Waals surface area (Å²) >= 11 is 0. The van der Waals surface area contributed by atoms with Gasteiger partial charge in [-0.05, 0) is 30.5 Å². The fraction of sp³-hybridized carbons (Fsp3) is 0.250. The van der Waals surface area contributed by atoms with Crippen molar-refractivity contribution in [3.63, 3.8) is 0 Å². The van der Waals surface area contributed by atoms with Gasteiger partial charge >= 0.3 is 5.69 Å². The highest BCUT2D eigenvalue weighted by molar-refractivity contribution is 5.62. The number of nitro benzene ring substituents is 1. The van der Waals surface area contributed by atoms with Gasteiger partial charge in [0, 0.05) is 6.61 Å². The van der Waals surface area contributed by atoms with E-state index in [4.69, 9.17) is 5.11 Å². The van der Waals surface area contributed by atoms with E-state index in [1.165, 1.54) is 12.1 Å². The SMILES string of the molecule is O=[N+]([O-])c1c(F)cccc1NC(CCCO)c1ccccc1. The first-order chi connectivity index (χ1) is 10.6. The van der Waals surface area contributed by atoms with Crippen LogP contribution in [0.5, 0.6) is 0 Å². The van der Waals surface area contributed by atoms with Gasteiger partial charge < -0.3 is 10.4 Å². The summed E-state index contributed by atoms with van der Waals surface area (Å²) in [7, 11) is 0. The molecule has 116 valence electrons. The van der Waals surface area contributed by atoms with Gasteiger partial charge in [-0.15, -0.1) is 0 Å². The summed E-state index contributed by atoms with van der Waals surface area (Å²) in [5.41, 5.74) is 0.499. The second-order valence-corrected chi connectivity index (χ2v) is 4.87. The van der Waals surface area contributed by atoms with Gasteiger partial charge in [-0.2, -0.15) is 4.39 Å². The minimum Gasteiger partial charge on any atom is -0.396 e. The van der Waals surface area contributed by atoms with E-state index in [1.807, 2.05) is 30.3 Å². The van der Waals surface area contributed by atoms with Crippen molar-refractivity contribution < 1.29 is 14.4 Å². The summed E-state index contributed by atoms with van der Waals surface area (Å²) in [6.07, 6.45) is 1.11. The largest absolute Gasteiger partial charge is 0.396 e. The molecule has 2 rings (SSSR count). The summed E-state index contributed by atoms with van der Waals surface area (Å²) in [6, 6.07) is 13.1. The van der Waals surface area contributed by atoms with E-state index >= 15 is 0 Å². The Kier molecular flexibility index (Phi) is 5.43. The number of hydrogen-bond acceptors (Lipinski definition) is 4. The first kappa shape index (κ1) is 15.9. The second kappa shape index (κ2) is 7.51. The van der Waals surface area contributed by atoms with Gasteiger partial charge in [0.1, 0.15) is 5.69 Å². The van der Waals surface area contributed by atoms with E-state index in [0.29, 0.717) is 12.8 Å². The number of aliphatic hydroxyl groups excluding tert-OH is 1. The first-order valence-corrected chi connectivity index (χ1v) is 6.98. The van der Waals surface area contributed by atoms with Crippen molar-refractivity contribution in [3.05, 3.63) is 70.0 Å². The Morgan fingerprint density at radius 2 is 1.91 bits per heavy atom. The van der Waals surface area contributed by atoms with Gasteiger partial charge in [0.15, 0.2) is 0 Å². The number of hydrogen-bond donors (Lipinski definition) is 2. The topological polar surface area (TPSA) is 75.4 Å². The number of aliphatic hydroxyl groups is 1. The molecule has 0 aromatic heterocycles. The Morgan fingerprint density at radius 3 is 2.55 bits per heavy atom. The molecule has 6 heteroatoms. The lowest BCUT2D eigenvalue weighted by Gasteiger charge is -2.20. The Morgan fingerprint density at radius 1 is 1.18 bits per heavy atom. The van der Waals surface area contributed by atoms with Gasteiger partial charge in [-0.3, -0.25) is 10.1 Å². The fourth-order valence-electron chi connectivity index (χ4n) is 2.31. The summed E-state index contributed by atoms with van der Waals surface area (Å²) in [4.78, 5) is 10.3. The van der Waals surface area contributed by atoms with Gasteiger partial charge in [-0.25, -0.2) is 0 Å². The summed E-state index contributed by atoms with van der Waals surface area (Å²) < 4.78 is 13.7. The number of halogens is 1. The maximum atomic E-state index is 13.7. The average molecular weight is 304 g/mol. The van der Waals surface area contributed by atoms with Crippen molar-refractivity contribution in [2.24, 2.45) is 0 Å². The lowest BCUT2D eigenvalue weighted by Crippen LogP contribution is -2.13. The molecule has 0 saturated heterocycles. The van der Waals surface area contributed by atoms with Gasteiger partial charge in [-0.1, -0.05) is 36.4 Å². The predicted octanol–water partition coefficient (Wildman–Crippen LogP) is 3.66. The molecular weight excluding hydrogens is 287 g/mol. The molecule has 2 aromatic carbocycles. The van der Waals surface area contributed by atoms with Crippen LogP contribution in [-0.2, 0) is 0 Å². The molecule has 0 amide bonds. The zero-order valence-electron chi connectivity index (χ0n) is 11.9. The number of nitrogens with zero attached hydrogens (tertiary/aromatic N) is 1. The number of nitro groups is 1. The van der Waals surface area contributed by atoms with Crippen LogP contribution in [0.15, 0.2) is 48.5 Å². The second-order valence-electron chi connectivity index (χ2n) is 4.87. The van der Waals surface area contributed by atoms with E-state index in [0.717, 1.165) is 11.6 Å². The highest BCUT2D eigenvalue weighted by atomic mass is 19.1. The number of benzene rings is 2. The standard InChI is InChI=1S/C16H17FN2O3/c17-13-8-4-9-15(16(13)19(21)22)18-14(10-5-11-20)12-6-2-1-3-7-12/h1-4,6-9,14,18,20H,5,10-11H2. The van der Waals surface area contributed by atoms with Crippen molar-refractivity contribution in [2.75, 3.05) is 11.9 Å². The van der Waals surface area contributed by atoms with E-state index in [2.05, 4.69) is 5.32 Å². The van der Waals surface area contributed by atoms with E-state index in [1.54, 1.807) is 0 Å². The number of anilines is 1. The lowest BCUT2D eigenvalue weighted by molar-refractivity contribution is -0.386. The zero-order chi connectivity index (χ0) is 15.9. The molecule has 0 bridgehead atoms. The number of nitrogens with one attached hydrogen (secondary N) is 1. The molecule has 2 N–H and O–H groups in total.